The van der Waals surface area contributed by atoms with E-state index >= 15 is 0 Å². The summed E-state index contributed by atoms with van der Waals surface area (Å²) in [5, 5.41) is 12.2. The molecule has 7 heteroatoms. The lowest BCUT2D eigenvalue weighted by molar-refractivity contribution is -0.119. The van der Waals surface area contributed by atoms with Gasteiger partial charge in [-0.2, -0.15) is 0 Å². The lowest BCUT2D eigenvalue weighted by Gasteiger charge is -2.18. The minimum atomic E-state index is -0.158. The van der Waals surface area contributed by atoms with Crippen LogP contribution in [-0.2, 0) is 4.79 Å². The van der Waals surface area contributed by atoms with Gasteiger partial charge in [0.1, 0.15) is 11.6 Å². The molecule has 0 unspecified atom stereocenters. The van der Waals surface area contributed by atoms with Crippen molar-refractivity contribution in [2.75, 3.05) is 12.9 Å². The van der Waals surface area contributed by atoms with Crippen LogP contribution in [-0.4, -0.2) is 33.5 Å². The third kappa shape index (κ3) is 4.98. The first kappa shape index (κ1) is 20.9. The Bertz CT molecular complexity index is 999. The number of rotatable bonds is 7. The molecule has 1 amide bonds. The van der Waals surface area contributed by atoms with Gasteiger partial charge in [-0.1, -0.05) is 47.2 Å². The maximum Gasteiger partial charge on any atom is 0.230 e. The molecular weight excluding hydrogens is 384 g/mol. The van der Waals surface area contributed by atoms with Gasteiger partial charge in [0.05, 0.1) is 18.9 Å². The SMILES string of the molecule is COc1ccc(C)cc1[C@@H](C)NC(=O)CSc1nnc(C)n1-c1ccc(C)cc1. The van der Waals surface area contributed by atoms with E-state index in [0.29, 0.717) is 5.16 Å². The van der Waals surface area contributed by atoms with Gasteiger partial charge in [-0.05, 0) is 45.9 Å². The van der Waals surface area contributed by atoms with Gasteiger partial charge in [-0.3, -0.25) is 9.36 Å². The second kappa shape index (κ2) is 9.13. The number of nitrogens with zero attached hydrogens (tertiary/aromatic N) is 3. The van der Waals surface area contributed by atoms with Crippen LogP contribution in [0.15, 0.2) is 47.6 Å². The molecule has 1 atom stereocenters. The van der Waals surface area contributed by atoms with Crippen molar-refractivity contribution in [3.63, 3.8) is 0 Å². The topological polar surface area (TPSA) is 69.0 Å². The van der Waals surface area contributed by atoms with Gasteiger partial charge in [0.15, 0.2) is 5.16 Å². The molecule has 0 saturated heterocycles. The molecule has 152 valence electrons. The molecule has 0 spiro atoms. The first-order chi connectivity index (χ1) is 13.9. The first-order valence-electron chi connectivity index (χ1n) is 9.44. The molecule has 0 bridgehead atoms. The van der Waals surface area contributed by atoms with Crippen molar-refractivity contribution in [2.45, 2.75) is 38.9 Å². The molecule has 0 aliphatic heterocycles. The van der Waals surface area contributed by atoms with Crippen molar-refractivity contribution in [3.05, 3.63) is 65.0 Å². The number of carbonyl (C=O) groups excluding carboxylic acids is 1. The Balaban J connectivity index is 1.67. The van der Waals surface area contributed by atoms with Gasteiger partial charge >= 0.3 is 0 Å². The Morgan fingerprint density at radius 1 is 1.10 bits per heavy atom. The molecule has 0 fully saturated rings. The highest BCUT2D eigenvalue weighted by Gasteiger charge is 2.17. The summed E-state index contributed by atoms with van der Waals surface area (Å²) < 4.78 is 7.39. The lowest BCUT2D eigenvalue weighted by Crippen LogP contribution is -2.28. The van der Waals surface area contributed by atoms with Crippen LogP contribution in [0.25, 0.3) is 5.69 Å². The number of aryl methyl sites for hydroxylation is 3. The molecule has 0 radical (unpaired) electrons. The van der Waals surface area contributed by atoms with Crippen LogP contribution in [0.3, 0.4) is 0 Å². The third-order valence-electron chi connectivity index (χ3n) is 4.65. The van der Waals surface area contributed by atoms with Gasteiger partial charge < -0.3 is 10.1 Å². The number of carbonyl (C=O) groups is 1. The summed E-state index contributed by atoms with van der Waals surface area (Å²) in [6.45, 7) is 7.93. The van der Waals surface area contributed by atoms with Crippen LogP contribution in [0.2, 0.25) is 0 Å². The van der Waals surface area contributed by atoms with E-state index in [-0.39, 0.29) is 17.7 Å². The summed E-state index contributed by atoms with van der Waals surface area (Å²) >= 11 is 1.37. The zero-order chi connectivity index (χ0) is 21.0. The highest BCUT2D eigenvalue weighted by atomic mass is 32.2. The molecular formula is C22H26N4O2S. The number of nitrogens with one attached hydrogen (secondary N) is 1. The minimum Gasteiger partial charge on any atom is -0.496 e. The van der Waals surface area contributed by atoms with E-state index in [0.717, 1.165) is 28.4 Å². The molecule has 1 heterocycles. The molecule has 1 N–H and O–H groups in total. The van der Waals surface area contributed by atoms with E-state index in [9.17, 15) is 4.79 Å². The van der Waals surface area contributed by atoms with E-state index in [4.69, 9.17) is 4.74 Å². The number of methoxy groups -OCH3 is 1. The molecule has 2 aromatic carbocycles. The van der Waals surface area contributed by atoms with Crippen molar-refractivity contribution in [2.24, 2.45) is 0 Å². The largest absolute Gasteiger partial charge is 0.496 e. The molecule has 0 saturated carbocycles. The molecule has 29 heavy (non-hydrogen) atoms. The number of benzene rings is 2. The third-order valence-corrected chi connectivity index (χ3v) is 5.58. The summed E-state index contributed by atoms with van der Waals surface area (Å²) in [6, 6.07) is 14.0. The van der Waals surface area contributed by atoms with E-state index in [1.165, 1.54) is 17.3 Å². The Morgan fingerprint density at radius 2 is 1.79 bits per heavy atom. The van der Waals surface area contributed by atoms with E-state index in [1.54, 1.807) is 7.11 Å². The van der Waals surface area contributed by atoms with Crippen molar-refractivity contribution in [1.82, 2.24) is 20.1 Å². The Kier molecular flexibility index (Phi) is 6.59. The fraction of sp³-hybridized carbons (Fsp3) is 0.318. The lowest BCUT2D eigenvalue weighted by atomic mass is 10.0. The van der Waals surface area contributed by atoms with Crippen molar-refractivity contribution in [1.29, 1.82) is 0 Å². The zero-order valence-corrected chi connectivity index (χ0v) is 18.2. The van der Waals surface area contributed by atoms with Crippen molar-refractivity contribution < 1.29 is 9.53 Å². The van der Waals surface area contributed by atoms with Gasteiger partial charge in [0.2, 0.25) is 5.91 Å². The summed E-state index contributed by atoms with van der Waals surface area (Å²) in [7, 11) is 1.64. The zero-order valence-electron chi connectivity index (χ0n) is 17.4. The smallest absolute Gasteiger partial charge is 0.230 e. The number of hydrogen-bond acceptors (Lipinski definition) is 5. The summed E-state index contributed by atoms with van der Waals surface area (Å²) in [5.41, 5.74) is 4.26. The number of hydrogen-bond donors (Lipinski definition) is 1. The van der Waals surface area contributed by atoms with Crippen LogP contribution in [0.4, 0.5) is 0 Å². The van der Waals surface area contributed by atoms with Crippen LogP contribution in [0.1, 0.15) is 35.5 Å². The van der Waals surface area contributed by atoms with Crippen LogP contribution < -0.4 is 10.1 Å². The molecule has 3 aromatic rings. The fourth-order valence-corrected chi connectivity index (χ4v) is 3.92. The Labute approximate surface area is 175 Å². The Morgan fingerprint density at radius 3 is 2.48 bits per heavy atom. The normalized spacial score (nSPS) is 11.9. The number of amides is 1. The molecule has 0 aliphatic carbocycles. The Hall–Kier alpha value is -2.80. The molecule has 3 rings (SSSR count). The molecule has 0 aliphatic rings. The average molecular weight is 411 g/mol. The summed E-state index contributed by atoms with van der Waals surface area (Å²) in [6.07, 6.45) is 0. The monoisotopic (exact) mass is 410 g/mol. The number of ether oxygens (including phenoxy) is 1. The number of aromatic nitrogens is 3. The van der Waals surface area contributed by atoms with Gasteiger partial charge in [0.25, 0.3) is 0 Å². The minimum absolute atomic E-state index is 0.0674. The highest BCUT2D eigenvalue weighted by molar-refractivity contribution is 7.99. The highest BCUT2D eigenvalue weighted by Crippen LogP contribution is 2.27. The van der Waals surface area contributed by atoms with Crippen molar-refractivity contribution >= 4 is 17.7 Å². The second-order valence-corrected chi connectivity index (χ2v) is 7.97. The van der Waals surface area contributed by atoms with Gasteiger partial charge in [-0.25, -0.2) is 0 Å². The maximum absolute atomic E-state index is 12.6. The van der Waals surface area contributed by atoms with Gasteiger partial charge in [0, 0.05) is 11.3 Å². The van der Waals surface area contributed by atoms with E-state index in [2.05, 4.69) is 15.5 Å². The van der Waals surface area contributed by atoms with Crippen LogP contribution >= 0.6 is 11.8 Å². The fourth-order valence-electron chi connectivity index (χ4n) is 3.11. The maximum atomic E-state index is 12.6. The predicted octanol–water partition coefficient (Wildman–Crippen LogP) is 4.17. The summed E-state index contributed by atoms with van der Waals surface area (Å²) in [5.74, 6) is 1.74. The predicted molar refractivity (Wildman–Crippen MR) is 116 cm³/mol. The number of thioether (sulfide) groups is 1. The van der Waals surface area contributed by atoms with E-state index < -0.39 is 0 Å². The van der Waals surface area contributed by atoms with Crippen LogP contribution in [0.5, 0.6) is 5.75 Å². The van der Waals surface area contributed by atoms with Crippen LogP contribution in [0, 0.1) is 20.8 Å². The van der Waals surface area contributed by atoms with Crippen molar-refractivity contribution in [3.8, 4) is 11.4 Å². The second-order valence-electron chi connectivity index (χ2n) is 7.02. The quantitative estimate of drug-likeness (QED) is 0.592. The molecule has 6 nitrogen and oxygen atoms in total. The van der Waals surface area contributed by atoms with Gasteiger partial charge in [-0.15, -0.1) is 10.2 Å². The first-order valence-corrected chi connectivity index (χ1v) is 10.4. The standard InChI is InChI=1S/C22H26N4O2S/c1-14-6-9-18(10-7-14)26-17(4)24-25-22(26)29-13-21(27)23-16(3)19-12-15(2)8-11-20(19)28-5/h6-12,16H,13H2,1-5H3,(H,23,27)/t16-/m1/s1. The average Bonchev–Trinajstić information content (AvgIpc) is 3.07. The summed E-state index contributed by atoms with van der Waals surface area (Å²) in [4.78, 5) is 12.6. The van der Waals surface area contributed by atoms with E-state index in [1.807, 2.05) is 74.7 Å². The molecule has 1 aromatic heterocycles.